The fraction of sp³-hybridized carbons (Fsp3) is 0.135. The number of amides is 1. The van der Waals surface area contributed by atoms with Crippen LogP contribution in [0.25, 0.3) is 11.0 Å². The van der Waals surface area contributed by atoms with Crippen molar-refractivity contribution in [2.24, 2.45) is 0 Å². The molecule has 2 aromatic heterocycles. The number of thioether (sulfide) groups is 1. The van der Waals surface area contributed by atoms with Crippen LogP contribution in [0, 0.1) is 0 Å². The van der Waals surface area contributed by atoms with Gasteiger partial charge in [-0.2, -0.15) is 0 Å². The number of ketones is 1. The highest BCUT2D eigenvalue weighted by Gasteiger charge is 2.47. The van der Waals surface area contributed by atoms with Crippen LogP contribution in [0.15, 0.2) is 117 Å². The van der Waals surface area contributed by atoms with Gasteiger partial charge in [0.1, 0.15) is 6.61 Å². The molecule has 6 aromatic rings. The molecule has 0 radical (unpaired) electrons. The Hall–Kier alpha value is -5.30. The second-order valence-corrected chi connectivity index (χ2v) is 13.7. The van der Waals surface area contributed by atoms with Crippen LogP contribution in [0.3, 0.4) is 0 Å². The van der Waals surface area contributed by atoms with Gasteiger partial charge in [-0.15, -0.1) is 10.2 Å². The molecule has 1 aliphatic heterocycles. The first-order valence-electron chi connectivity index (χ1n) is 15.3. The van der Waals surface area contributed by atoms with E-state index in [4.69, 9.17) is 30.2 Å². The number of carbonyl (C=O) groups is 2. The molecule has 252 valence electrons. The summed E-state index contributed by atoms with van der Waals surface area (Å²) in [5.74, 6) is -0.417. The van der Waals surface area contributed by atoms with Crippen molar-refractivity contribution >= 4 is 62.5 Å². The first-order valence-corrected chi connectivity index (χ1v) is 17.5. The third-order valence-electron chi connectivity index (χ3n) is 8.02. The first-order chi connectivity index (χ1) is 24.3. The van der Waals surface area contributed by atoms with Gasteiger partial charge in [0, 0.05) is 16.2 Å². The van der Waals surface area contributed by atoms with Crippen LogP contribution in [0.1, 0.15) is 33.3 Å². The minimum Gasteiger partial charge on any atom is -0.503 e. The van der Waals surface area contributed by atoms with Gasteiger partial charge < -0.3 is 23.7 Å². The molecule has 10 nitrogen and oxygen atoms in total. The number of rotatable bonds is 12. The average Bonchev–Trinajstić information content (AvgIpc) is 3.87. The highest BCUT2D eigenvalue weighted by Crippen LogP contribution is 2.46. The Labute approximate surface area is 299 Å². The van der Waals surface area contributed by atoms with Crippen molar-refractivity contribution in [1.29, 1.82) is 0 Å². The number of carbonyl (C=O) groups excluding carboxylic acids is 2. The minimum atomic E-state index is -1.11. The van der Waals surface area contributed by atoms with Crippen LogP contribution in [0.4, 0.5) is 5.13 Å². The van der Waals surface area contributed by atoms with Gasteiger partial charge >= 0.3 is 0 Å². The van der Waals surface area contributed by atoms with Gasteiger partial charge in [-0.25, -0.2) is 0 Å². The smallest absolute Gasteiger partial charge is 0.296 e. The molecule has 0 bridgehead atoms. The van der Waals surface area contributed by atoms with Gasteiger partial charge in [-0.3, -0.25) is 14.5 Å². The number of benzene rings is 4. The third kappa shape index (κ3) is 6.52. The largest absolute Gasteiger partial charge is 0.503 e. The van der Waals surface area contributed by atoms with Crippen molar-refractivity contribution in [3.63, 3.8) is 0 Å². The van der Waals surface area contributed by atoms with Crippen LogP contribution in [-0.2, 0) is 17.2 Å². The van der Waals surface area contributed by atoms with Gasteiger partial charge in [-0.05, 0) is 53.1 Å². The van der Waals surface area contributed by atoms with Crippen LogP contribution in [0.2, 0.25) is 5.02 Å². The molecule has 0 fully saturated rings. The molecule has 7 rings (SSSR count). The maximum Gasteiger partial charge on any atom is 0.296 e. The molecule has 0 saturated carbocycles. The van der Waals surface area contributed by atoms with Crippen LogP contribution in [-0.4, -0.2) is 41.2 Å². The van der Waals surface area contributed by atoms with Crippen LogP contribution < -0.4 is 19.1 Å². The molecule has 0 aliphatic carbocycles. The summed E-state index contributed by atoms with van der Waals surface area (Å²) < 4.78 is 23.7. The topological polar surface area (TPSA) is 124 Å². The summed E-state index contributed by atoms with van der Waals surface area (Å²) in [5.41, 5.74) is 2.65. The summed E-state index contributed by atoms with van der Waals surface area (Å²) in [6.07, 6.45) is 0. The lowest BCUT2D eigenvalue weighted by Crippen LogP contribution is -2.31. The number of Topliss-reactive ketones (excluding diaryl/α,β-unsaturated/α-hetero) is 1. The molecule has 1 aliphatic rings. The molecule has 50 heavy (non-hydrogen) atoms. The number of methoxy groups -OCH3 is 2. The summed E-state index contributed by atoms with van der Waals surface area (Å²) in [7, 11) is 3.00. The quantitative estimate of drug-likeness (QED) is 0.0745. The van der Waals surface area contributed by atoms with E-state index in [2.05, 4.69) is 10.2 Å². The normalized spacial score (nSPS) is 14.4. The van der Waals surface area contributed by atoms with Gasteiger partial charge in [0.05, 0.1) is 25.8 Å². The Morgan fingerprint density at radius 1 is 0.920 bits per heavy atom. The number of aliphatic hydroxyl groups excluding tert-OH is 1. The molecule has 1 amide bonds. The first kappa shape index (κ1) is 33.2. The standard InChI is InChI=1S/C37H28ClN3O7S2/c1-45-27-10-6-9-24-18-29(48-34(24)27)32(42)30-31(23-13-16-26(28(17-23)46-2)47-19-21-7-4-3-5-8-21)41(35(44)33(30)43)36-39-40-37(50-36)49-20-22-11-14-25(38)15-12-22/h3-18,31,43H,19-20H2,1-2H3. The summed E-state index contributed by atoms with van der Waals surface area (Å²) in [4.78, 5) is 29.4. The molecule has 1 atom stereocenters. The number of hydrogen-bond acceptors (Lipinski definition) is 11. The van der Waals surface area contributed by atoms with Crippen molar-refractivity contribution in [2.75, 3.05) is 19.1 Å². The Balaban J connectivity index is 1.26. The highest BCUT2D eigenvalue weighted by atomic mass is 35.5. The fourth-order valence-electron chi connectivity index (χ4n) is 5.58. The van der Waals surface area contributed by atoms with E-state index in [0.717, 1.165) is 11.1 Å². The Morgan fingerprint density at radius 2 is 1.70 bits per heavy atom. The van der Waals surface area contributed by atoms with Crippen molar-refractivity contribution in [1.82, 2.24) is 10.2 Å². The molecule has 1 N–H and O–H groups in total. The Kier molecular flexibility index (Phi) is 9.48. The molecule has 4 aromatic carbocycles. The van der Waals surface area contributed by atoms with E-state index in [-0.39, 0.29) is 16.5 Å². The van der Waals surface area contributed by atoms with E-state index in [9.17, 15) is 14.7 Å². The molecule has 13 heteroatoms. The number of ether oxygens (including phenoxy) is 3. The van der Waals surface area contributed by atoms with E-state index in [1.165, 1.54) is 42.2 Å². The second kappa shape index (κ2) is 14.3. The van der Waals surface area contributed by atoms with Crippen molar-refractivity contribution in [3.8, 4) is 17.2 Å². The Bertz CT molecular complexity index is 2240. The molecule has 0 spiro atoms. The van der Waals surface area contributed by atoms with Gasteiger partial charge in [0.15, 0.2) is 38.7 Å². The van der Waals surface area contributed by atoms with Crippen LogP contribution >= 0.6 is 34.7 Å². The lowest BCUT2D eigenvalue weighted by molar-refractivity contribution is -0.117. The predicted octanol–water partition coefficient (Wildman–Crippen LogP) is 8.61. The van der Waals surface area contributed by atoms with Crippen molar-refractivity contribution < 1.29 is 33.3 Å². The summed E-state index contributed by atoms with van der Waals surface area (Å²) in [6, 6.07) is 28.0. The zero-order chi connectivity index (χ0) is 34.8. The number of aliphatic hydroxyl groups is 1. The number of aromatic nitrogens is 2. The second-order valence-electron chi connectivity index (χ2n) is 11.1. The lowest BCUT2D eigenvalue weighted by Gasteiger charge is -2.24. The number of hydrogen-bond donors (Lipinski definition) is 1. The maximum absolute atomic E-state index is 14.3. The monoisotopic (exact) mass is 725 g/mol. The average molecular weight is 726 g/mol. The molecular formula is C37H28ClN3O7S2. The highest BCUT2D eigenvalue weighted by molar-refractivity contribution is 8.00. The summed E-state index contributed by atoms with van der Waals surface area (Å²) >= 11 is 8.64. The predicted molar refractivity (Wildman–Crippen MR) is 192 cm³/mol. The molecule has 0 saturated heterocycles. The molecule has 3 heterocycles. The fourth-order valence-corrected chi connectivity index (χ4v) is 7.53. The molecule has 1 unspecified atom stereocenters. The Morgan fingerprint density at radius 3 is 2.46 bits per heavy atom. The maximum atomic E-state index is 14.3. The van der Waals surface area contributed by atoms with E-state index in [1.807, 2.05) is 54.6 Å². The number of para-hydroxylation sites is 1. The number of anilines is 1. The van der Waals surface area contributed by atoms with Crippen molar-refractivity contribution in [2.45, 2.75) is 22.7 Å². The third-order valence-corrected chi connectivity index (χ3v) is 10.4. The van der Waals surface area contributed by atoms with E-state index >= 15 is 0 Å². The number of furan rings is 1. The van der Waals surface area contributed by atoms with Gasteiger partial charge in [0.2, 0.25) is 10.9 Å². The summed E-state index contributed by atoms with van der Waals surface area (Å²) in [5, 5.41) is 21.5. The number of nitrogens with zero attached hydrogens (tertiary/aromatic N) is 3. The van der Waals surface area contributed by atoms with E-state index in [1.54, 1.807) is 42.5 Å². The van der Waals surface area contributed by atoms with Gasteiger partial charge in [-0.1, -0.05) is 95.4 Å². The molecular weight excluding hydrogens is 698 g/mol. The minimum absolute atomic E-state index is 0.0723. The van der Waals surface area contributed by atoms with E-state index in [0.29, 0.717) is 55.5 Å². The lowest BCUT2D eigenvalue weighted by atomic mass is 9.95. The van der Waals surface area contributed by atoms with E-state index < -0.39 is 23.5 Å². The van der Waals surface area contributed by atoms with Crippen molar-refractivity contribution in [3.05, 3.63) is 136 Å². The zero-order valence-corrected chi connectivity index (χ0v) is 29.1. The summed E-state index contributed by atoms with van der Waals surface area (Å²) in [6.45, 7) is 0.297. The number of fused-ring (bicyclic) bond motifs is 1. The number of halogens is 1. The van der Waals surface area contributed by atoms with Gasteiger partial charge in [0.25, 0.3) is 5.91 Å². The zero-order valence-electron chi connectivity index (χ0n) is 26.7. The SMILES string of the molecule is COc1cc(C2C(C(=O)c3cc4cccc(OC)c4o3)=C(O)C(=O)N2c2nnc(SCc3ccc(Cl)cc3)s2)ccc1OCc1ccccc1. The van der Waals surface area contributed by atoms with Crippen LogP contribution in [0.5, 0.6) is 17.2 Å².